The summed E-state index contributed by atoms with van der Waals surface area (Å²) in [7, 11) is 0. The van der Waals surface area contributed by atoms with Crippen molar-refractivity contribution in [2.24, 2.45) is 0 Å². The molecule has 0 spiro atoms. The van der Waals surface area contributed by atoms with E-state index < -0.39 is 0 Å². The molecule has 3 rings (SSSR count). The van der Waals surface area contributed by atoms with Crippen LogP contribution in [0.25, 0.3) is 0 Å². The first-order valence-electron chi connectivity index (χ1n) is 6.74. The summed E-state index contributed by atoms with van der Waals surface area (Å²) < 4.78 is 6.53. The number of benzene rings is 2. The Labute approximate surface area is 131 Å². The van der Waals surface area contributed by atoms with Crippen molar-refractivity contribution in [2.45, 2.75) is 0 Å². The molecule has 2 aromatic carbocycles. The summed E-state index contributed by atoms with van der Waals surface area (Å²) in [6.45, 7) is 1.62. The molecule has 108 valence electrons. The van der Waals surface area contributed by atoms with Gasteiger partial charge in [0.15, 0.2) is 0 Å². The van der Waals surface area contributed by atoms with Crippen molar-refractivity contribution in [2.75, 3.05) is 29.9 Å². The number of hydrogen-bond donors (Lipinski definition) is 1. The van der Waals surface area contributed by atoms with E-state index in [9.17, 15) is 4.79 Å². The average Bonchev–Trinajstić information content (AvgIpc) is 2.47. The lowest BCUT2D eigenvalue weighted by Crippen LogP contribution is -2.38. The Balaban J connectivity index is 1.68. The summed E-state index contributed by atoms with van der Waals surface area (Å²) in [6, 6.07) is 15.4. The fourth-order valence-corrected chi connectivity index (χ4v) is 2.73. The molecule has 21 heavy (non-hydrogen) atoms. The third-order valence-corrected chi connectivity index (χ3v) is 3.76. The second kappa shape index (κ2) is 6.18. The lowest BCUT2D eigenvalue weighted by Gasteiger charge is -2.30. The third kappa shape index (κ3) is 3.36. The zero-order valence-corrected chi connectivity index (χ0v) is 13.0. The van der Waals surface area contributed by atoms with E-state index in [2.05, 4.69) is 21.2 Å². The monoisotopic (exact) mass is 346 g/mol. The van der Waals surface area contributed by atoms with E-state index in [0.29, 0.717) is 19.7 Å². The van der Waals surface area contributed by atoms with Crippen LogP contribution in [0.2, 0.25) is 0 Å². The minimum absolute atomic E-state index is 0.0372. The maximum atomic E-state index is 12.2. The SMILES string of the molecule is O=C(CN1CCOc2ccccc21)Nc1cccc(Br)c1. The maximum Gasteiger partial charge on any atom is 0.243 e. The van der Waals surface area contributed by atoms with E-state index in [0.717, 1.165) is 21.6 Å². The summed E-state index contributed by atoms with van der Waals surface area (Å²) in [5, 5.41) is 2.91. The number of fused-ring (bicyclic) bond motifs is 1. The molecule has 1 amide bonds. The van der Waals surface area contributed by atoms with Crippen LogP contribution < -0.4 is 15.0 Å². The van der Waals surface area contributed by atoms with E-state index in [1.54, 1.807) is 0 Å². The molecule has 4 nitrogen and oxygen atoms in total. The topological polar surface area (TPSA) is 41.6 Å². The zero-order chi connectivity index (χ0) is 14.7. The van der Waals surface area contributed by atoms with E-state index in [1.807, 2.05) is 53.4 Å². The standard InChI is InChI=1S/C16H15BrN2O2/c17-12-4-3-5-13(10-12)18-16(20)11-19-8-9-21-15-7-2-1-6-14(15)19/h1-7,10H,8-9,11H2,(H,18,20). The number of amides is 1. The number of nitrogens with one attached hydrogen (secondary N) is 1. The lowest BCUT2D eigenvalue weighted by atomic mass is 10.2. The van der Waals surface area contributed by atoms with Crippen molar-refractivity contribution in [1.29, 1.82) is 0 Å². The Hall–Kier alpha value is -2.01. The fourth-order valence-electron chi connectivity index (χ4n) is 2.33. The van der Waals surface area contributed by atoms with Gasteiger partial charge in [0, 0.05) is 10.2 Å². The first-order chi connectivity index (χ1) is 10.2. The largest absolute Gasteiger partial charge is 0.490 e. The highest BCUT2D eigenvalue weighted by Crippen LogP contribution is 2.30. The minimum atomic E-state index is -0.0372. The Morgan fingerprint density at radius 3 is 2.95 bits per heavy atom. The Kier molecular flexibility index (Phi) is 4.10. The number of halogens is 1. The molecule has 0 unspecified atom stereocenters. The first-order valence-corrected chi connectivity index (χ1v) is 7.54. The van der Waals surface area contributed by atoms with Crippen LogP contribution in [-0.4, -0.2) is 25.6 Å². The third-order valence-electron chi connectivity index (χ3n) is 3.27. The molecule has 5 heteroatoms. The smallest absolute Gasteiger partial charge is 0.243 e. The molecule has 2 aromatic rings. The van der Waals surface area contributed by atoms with Gasteiger partial charge in [-0.3, -0.25) is 4.79 Å². The summed E-state index contributed by atoms with van der Waals surface area (Å²) in [5.41, 5.74) is 1.75. The van der Waals surface area contributed by atoms with Crippen molar-refractivity contribution < 1.29 is 9.53 Å². The maximum absolute atomic E-state index is 12.2. The quantitative estimate of drug-likeness (QED) is 0.927. The van der Waals surface area contributed by atoms with E-state index in [-0.39, 0.29) is 5.91 Å². The fraction of sp³-hybridized carbons (Fsp3) is 0.188. The van der Waals surface area contributed by atoms with E-state index in [4.69, 9.17) is 4.74 Å². The van der Waals surface area contributed by atoms with Crippen LogP contribution >= 0.6 is 15.9 Å². The van der Waals surface area contributed by atoms with Gasteiger partial charge in [-0.1, -0.05) is 34.1 Å². The molecule has 1 aliphatic rings. The second-order valence-electron chi connectivity index (χ2n) is 4.80. The van der Waals surface area contributed by atoms with Crippen LogP contribution in [-0.2, 0) is 4.79 Å². The van der Waals surface area contributed by atoms with Gasteiger partial charge in [-0.25, -0.2) is 0 Å². The van der Waals surface area contributed by atoms with Crippen LogP contribution in [0.4, 0.5) is 11.4 Å². The normalized spacial score (nSPS) is 13.3. The Bertz CT molecular complexity index is 660. The molecular weight excluding hydrogens is 332 g/mol. The highest BCUT2D eigenvalue weighted by Gasteiger charge is 2.19. The Morgan fingerprint density at radius 2 is 2.10 bits per heavy atom. The van der Waals surface area contributed by atoms with Gasteiger partial charge in [0.2, 0.25) is 5.91 Å². The molecule has 1 N–H and O–H groups in total. The number of para-hydroxylation sites is 2. The molecule has 0 aromatic heterocycles. The van der Waals surface area contributed by atoms with Gasteiger partial charge >= 0.3 is 0 Å². The van der Waals surface area contributed by atoms with E-state index >= 15 is 0 Å². The predicted octanol–water partition coefficient (Wildman–Crippen LogP) is 3.29. The second-order valence-corrected chi connectivity index (χ2v) is 5.71. The van der Waals surface area contributed by atoms with Gasteiger partial charge in [0.25, 0.3) is 0 Å². The predicted molar refractivity (Wildman–Crippen MR) is 86.9 cm³/mol. The van der Waals surface area contributed by atoms with E-state index in [1.165, 1.54) is 0 Å². The van der Waals surface area contributed by atoms with Crippen LogP contribution in [0.3, 0.4) is 0 Å². The summed E-state index contributed by atoms with van der Waals surface area (Å²) in [5.74, 6) is 0.795. The minimum Gasteiger partial charge on any atom is -0.490 e. The first kappa shape index (κ1) is 13.9. The number of nitrogens with zero attached hydrogens (tertiary/aromatic N) is 1. The highest BCUT2D eigenvalue weighted by atomic mass is 79.9. The lowest BCUT2D eigenvalue weighted by molar-refractivity contribution is -0.115. The van der Waals surface area contributed by atoms with Crippen LogP contribution in [0.15, 0.2) is 53.0 Å². The number of ether oxygens (including phenoxy) is 1. The molecular formula is C16H15BrN2O2. The molecule has 0 aliphatic carbocycles. The van der Waals surface area contributed by atoms with Crippen molar-refractivity contribution in [3.8, 4) is 5.75 Å². The number of carbonyl (C=O) groups excluding carboxylic acids is 1. The summed E-state index contributed by atoms with van der Waals surface area (Å²) >= 11 is 3.39. The molecule has 0 saturated carbocycles. The van der Waals surface area contributed by atoms with Gasteiger partial charge in [0.1, 0.15) is 12.4 Å². The molecule has 0 bridgehead atoms. The van der Waals surface area contributed by atoms with Gasteiger partial charge in [-0.05, 0) is 30.3 Å². The summed E-state index contributed by atoms with van der Waals surface area (Å²) in [6.07, 6.45) is 0. The van der Waals surface area contributed by atoms with Gasteiger partial charge in [0.05, 0.1) is 18.8 Å². The molecule has 0 atom stereocenters. The molecule has 0 radical (unpaired) electrons. The average molecular weight is 347 g/mol. The van der Waals surface area contributed by atoms with Gasteiger partial charge < -0.3 is 15.0 Å². The Morgan fingerprint density at radius 1 is 1.24 bits per heavy atom. The van der Waals surface area contributed by atoms with Crippen molar-refractivity contribution in [3.05, 3.63) is 53.0 Å². The number of carbonyl (C=O) groups is 1. The van der Waals surface area contributed by atoms with Crippen molar-refractivity contribution >= 4 is 33.2 Å². The molecule has 0 fully saturated rings. The molecule has 1 heterocycles. The van der Waals surface area contributed by atoms with Crippen LogP contribution in [0, 0.1) is 0 Å². The highest BCUT2D eigenvalue weighted by molar-refractivity contribution is 9.10. The number of anilines is 2. The summed E-state index contributed by atoms with van der Waals surface area (Å²) in [4.78, 5) is 14.2. The van der Waals surface area contributed by atoms with Crippen molar-refractivity contribution in [1.82, 2.24) is 0 Å². The zero-order valence-electron chi connectivity index (χ0n) is 11.4. The van der Waals surface area contributed by atoms with Crippen LogP contribution in [0.5, 0.6) is 5.75 Å². The van der Waals surface area contributed by atoms with Crippen molar-refractivity contribution in [3.63, 3.8) is 0 Å². The van der Waals surface area contributed by atoms with Crippen LogP contribution in [0.1, 0.15) is 0 Å². The molecule has 0 saturated heterocycles. The number of hydrogen-bond acceptors (Lipinski definition) is 3. The number of rotatable bonds is 3. The van der Waals surface area contributed by atoms with Gasteiger partial charge in [-0.15, -0.1) is 0 Å². The molecule has 1 aliphatic heterocycles. The van der Waals surface area contributed by atoms with Gasteiger partial charge in [-0.2, -0.15) is 0 Å².